The number of hydrogen-bond acceptors (Lipinski definition) is 4. The van der Waals surface area contributed by atoms with Gasteiger partial charge in [-0.15, -0.1) is 0 Å². The van der Waals surface area contributed by atoms with E-state index in [4.69, 9.17) is 4.74 Å². The Bertz CT molecular complexity index is 897. The van der Waals surface area contributed by atoms with Crippen LogP contribution in [0.2, 0.25) is 0 Å². The molecule has 0 bridgehead atoms. The first-order valence-electron chi connectivity index (χ1n) is 7.07. The highest BCUT2D eigenvalue weighted by Gasteiger charge is 2.40. The first kappa shape index (κ1) is 19.3. The van der Waals surface area contributed by atoms with Crippen molar-refractivity contribution in [3.05, 3.63) is 52.5 Å². The van der Waals surface area contributed by atoms with Gasteiger partial charge in [0.25, 0.3) is 10.0 Å². The fourth-order valence-corrected chi connectivity index (χ4v) is 4.66. The lowest BCUT2D eigenvalue weighted by Gasteiger charge is -2.34. The minimum absolute atomic E-state index is 0. The third kappa shape index (κ3) is 3.36. The van der Waals surface area contributed by atoms with Crippen LogP contribution >= 0.6 is 15.9 Å². The fourth-order valence-electron chi connectivity index (χ4n) is 2.51. The van der Waals surface area contributed by atoms with Gasteiger partial charge in [0.1, 0.15) is 10.6 Å². The average molecular weight is 427 g/mol. The van der Waals surface area contributed by atoms with Crippen LogP contribution in [0.4, 0.5) is 10.5 Å². The number of nitrogens with zero attached hydrogens (tertiary/aromatic N) is 2. The van der Waals surface area contributed by atoms with Crippen molar-refractivity contribution in [2.24, 2.45) is 0 Å². The number of methoxy groups -OCH3 is 1. The summed E-state index contributed by atoms with van der Waals surface area (Å²) in [6, 6.07) is 11.2. The van der Waals surface area contributed by atoms with Gasteiger partial charge in [-0.25, -0.2) is 17.5 Å². The Morgan fingerprint density at radius 1 is 1.12 bits per heavy atom. The SMILES string of the molecule is C.COc1ccc(CN2C(=O)N(C)c3ccc(Br)cc3S2(=O)=O)cc1. The Morgan fingerprint density at radius 2 is 1.76 bits per heavy atom. The van der Waals surface area contributed by atoms with E-state index in [1.165, 1.54) is 11.0 Å². The summed E-state index contributed by atoms with van der Waals surface area (Å²) >= 11 is 3.28. The Labute approximate surface area is 156 Å². The number of urea groups is 1. The zero-order chi connectivity index (χ0) is 17.5. The molecular weight excluding hydrogens is 408 g/mol. The highest BCUT2D eigenvalue weighted by molar-refractivity contribution is 9.10. The van der Waals surface area contributed by atoms with Crippen LogP contribution in [-0.4, -0.2) is 32.9 Å². The summed E-state index contributed by atoms with van der Waals surface area (Å²) < 4.78 is 32.3. The summed E-state index contributed by atoms with van der Waals surface area (Å²) in [5.41, 5.74) is 1.06. The van der Waals surface area contributed by atoms with Gasteiger partial charge in [-0.05, 0) is 35.9 Å². The second kappa shape index (κ2) is 7.05. The second-order valence-corrected chi connectivity index (χ2v) is 8.06. The van der Waals surface area contributed by atoms with Gasteiger partial charge in [-0.1, -0.05) is 35.5 Å². The Morgan fingerprint density at radius 3 is 2.36 bits per heavy atom. The molecule has 8 heteroatoms. The Balaban J connectivity index is 0.00000225. The summed E-state index contributed by atoms with van der Waals surface area (Å²) in [5.74, 6) is 0.665. The molecule has 0 spiro atoms. The van der Waals surface area contributed by atoms with E-state index in [1.807, 2.05) is 0 Å². The molecule has 25 heavy (non-hydrogen) atoms. The molecule has 1 aliphatic rings. The number of ether oxygens (including phenoxy) is 1. The van der Waals surface area contributed by atoms with Crippen molar-refractivity contribution in [3.8, 4) is 5.75 Å². The Kier molecular flexibility index (Phi) is 5.43. The number of anilines is 1. The monoisotopic (exact) mass is 426 g/mol. The molecular formula is C17H19BrN2O4S. The van der Waals surface area contributed by atoms with E-state index in [-0.39, 0.29) is 18.9 Å². The van der Waals surface area contributed by atoms with Crippen LogP contribution in [0.15, 0.2) is 51.8 Å². The topological polar surface area (TPSA) is 66.9 Å². The molecule has 1 aliphatic heterocycles. The highest BCUT2D eigenvalue weighted by Crippen LogP contribution is 2.36. The van der Waals surface area contributed by atoms with Crippen LogP contribution < -0.4 is 9.64 Å². The molecule has 134 valence electrons. The molecule has 0 unspecified atom stereocenters. The minimum atomic E-state index is -3.92. The van der Waals surface area contributed by atoms with Crippen LogP contribution in [0.3, 0.4) is 0 Å². The van der Waals surface area contributed by atoms with E-state index >= 15 is 0 Å². The minimum Gasteiger partial charge on any atom is -0.497 e. The smallest absolute Gasteiger partial charge is 0.338 e. The summed E-state index contributed by atoms with van der Waals surface area (Å²) in [4.78, 5) is 14.0. The third-order valence-electron chi connectivity index (χ3n) is 3.84. The quantitative estimate of drug-likeness (QED) is 0.747. The van der Waals surface area contributed by atoms with E-state index in [2.05, 4.69) is 15.9 Å². The molecule has 2 aromatic carbocycles. The van der Waals surface area contributed by atoms with Gasteiger partial charge in [-0.2, -0.15) is 0 Å². The van der Waals surface area contributed by atoms with Gasteiger partial charge in [0.2, 0.25) is 0 Å². The maximum Gasteiger partial charge on any atom is 0.338 e. The summed E-state index contributed by atoms with van der Waals surface area (Å²) in [7, 11) is -0.807. The van der Waals surface area contributed by atoms with Crippen LogP contribution in [-0.2, 0) is 16.6 Å². The van der Waals surface area contributed by atoms with Gasteiger partial charge >= 0.3 is 6.03 Å². The number of carbonyl (C=O) groups excluding carboxylic acids is 1. The number of rotatable bonds is 3. The predicted molar refractivity (Wildman–Crippen MR) is 100 cm³/mol. The molecule has 0 atom stereocenters. The lowest BCUT2D eigenvalue weighted by molar-refractivity contribution is 0.228. The molecule has 1 heterocycles. The maximum atomic E-state index is 12.9. The van der Waals surface area contributed by atoms with Crippen LogP contribution in [0.25, 0.3) is 0 Å². The third-order valence-corrected chi connectivity index (χ3v) is 6.08. The summed E-state index contributed by atoms with van der Waals surface area (Å²) in [5, 5.41) is 0. The molecule has 0 N–H and O–H groups in total. The van der Waals surface area contributed by atoms with Gasteiger partial charge in [0.05, 0.1) is 19.3 Å². The van der Waals surface area contributed by atoms with E-state index in [9.17, 15) is 13.2 Å². The maximum absolute atomic E-state index is 12.9. The zero-order valence-electron chi connectivity index (χ0n) is 13.1. The highest BCUT2D eigenvalue weighted by atomic mass is 79.9. The van der Waals surface area contributed by atoms with Gasteiger partial charge < -0.3 is 4.74 Å². The number of amides is 2. The van der Waals surface area contributed by atoms with Crippen molar-refractivity contribution in [3.63, 3.8) is 0 Å². The van der Waals surface area contributed by atoms with Crippen LogP contribution in [0.5, 0.6) is 5.75 Å². The largest absolute Gasteiger partial charge is 0.497 e. The lowest BCUT2D eigenvalue weighted by atomic mass is 10.2. The molecule has 0 radical (unpaired) electrons. The Hall–Kier alpha value is -2.06. The van der Waals surface area contributed by atoms with Crippen LogP contribution in [0.1, 0.15) is 13.0 Å². The number of sulfonamides is 1. The number of hydrogen-bond donors (Lipinski definition) is 0. The fraction of sp³-hybridized carbons (Fsp3) is 0.235. The zero-order valence-corrected chi connectivity index (χ0v) is 15.5. The van der Waals surface area contributed by atoms with Gasteiger partial charge in [0.15, 0.2) is 0 Å². The average Bonchev–Trinajstić information content (AvgIpc) is 2.57. The molecule has 0 saturated carbocycles. The number of fused-ring (bicyclic) bond motifs is 1. The molecule has 0 aliphatic carbocycles. The first-order chi connectivity index (χ1) is 11.3. The van der Waals surface area contributed by atoms with Crippen LogP contribution in [0, 0.1) is 0 Å². The molecule has 0 saturated heterocycles. The molecule has 0 aromatic heterocycles. The van der Waals surface area contributed by atoms with E-state index in [1.54, 1.807) is 50.6 Å². The summed E-state index contributed by atoms with van der Waals surface area (Å²) in [6.45, 7) is -0.0402. The van der Waals surface area contributed by atoms with Crippen molar-refractivity contribution in [2.75, 3.05) is 19.1 Å². The van der Waals surface area contributed by atoms with Crippen molar-refractivity contribution in [2.45, 2.75) is 18.9 Å². The number of benzene rings is 2. The molecule has 2 amide bonds. The molecule has 0 fully saturated rings. The normalized spacial score (nSPS) is 15.4. The second-order valence-electron chi connectivity index (χ2n) is 5.31. The predicted octanol–water partition coefficient (Wildman–Crippen LogP) is 3.85. The number of halogens is 1. The van der Waals surface area contributed by atoms with Crippen molar-refractivity contribution < 1.29 is 17.9 Å². The van der Waals surface area contributed by atoms with E-state index in [0.717, 1.165) is 4.31 Å². The van der Waals surface area contributed by atoms with Crippen molar-refractivity contribution in [1.29, 1.82) is 0 Å². The van der Waals surface area contributed by atoms with E-state index in [0.29, 0.717) is 21.5 Å². The van der Waals surface area contributed by atoms with Gasteiger partial charge in [-0.3, -0.25) is 4.90 Å². The van der Waals surface area contributed by atoms with Crippen molar-refractivity contribution in [1.82, 2.24) is 4.31 Å². The molecule has 3 rings (SSSR count). The van der Waals surface area contributed by atoms with Gasteiger partial charge in [0, 0.05) is 11.5 Å². The lowest BCUT2D eigenvalue weighted by Crippen LogP contribution is -2.48. The standard InChI is InChI=1S/C16H15BrN2O4S.CH4/c1-18-14-8-5-12(17)9-15(14)24(21,22)19(16(18)20)10-11-3-6-13(23-2)7-4-11;/h3-9H,10H2,1-2H3;1H4. The molecule has 6 nitrogen and oxygen atoms in total. The number of carbonyl (C=O) groups is 1. The van der Waals surface area contributed by atoms with Crippen molar-refractivity contribution >= 4 is 37.7 Å². The first-order valence-corrected chi connectivity index (χ1v) is 9.31. The summed E-state index contributed by atoms with van der Waals surface area (Å²) in [6.07, 6.45) is 0. The van der Waals surface area contributed by atoms with E-state index < -0.39 is 16.1 Å². The molecule has 2 aromatic rings.